The van der Waals surface area contributed by atoms with Crippen molar-refractivity contribution in [3.63, 3.8) is 0 Å². The van der Waals surface area contributed by atoms with Crippen LogP contribution in [0.25, 0.3) is 0 Å². The van der Waals surface area contributed by atoms with Gasteiger partial charge in [-0.05, 0) is 25.0 Å². The van der Waals surface area contributed by atoms with Crippen molar-refractivity contribution in [2.24, 2.45) is 0 Å². The number of nitrogens with one attached hydrogen (secondary N) is 1. The number of pyridine rings is 1. The Morgan fingerprint density at radius 1 is 1.30 bits per heavy atom. The molecule has 104 valence electrons. The molecule has 0 atom stereocenters. The Hall–Kier alpha value is -1.88. The van der Waals surface area contributed by atoms with Crippen molar-refractivity contribution in [2.45, 2.75) is 31.7 Å². The van der Waals surface area contributed by atoms with E-state index in [4.69, 9.17) is 11.6 Å². The average molecular weight is 291 g/mol. The van der Waals surface area contributed by atoms with Gasteiger partial charge in [0.05, 0.1) is 17.3 Å². The van der Waals surface area contributed by atoms with Crippen LogP contribution in [0.15, 0.2) is 30.6 Å². The zero-order chi connectivity index (χ0) is 13.9. The minimum atomic E-state index is -0.249. The molecule has 1 amide bonds. The number of nitrogens with zero attached hydrogens (tertiary/aromatic N) is 3. The third-order valence-corrected chi connectivity index (χ3v) is 3.77. The zero-order valence-corrected chi connectivity index (χ0v) is 11.7. The van der Waals surface area contributed by atoms with Gasteiger partial charge in [-0.15, -0.1) is 0 Å². The summed E-state index contributed by atoms with van der Waals surface area (Å²) in [6, 6.07) is 5.45. The summed E-state index contributed by atoms with van der Waals surface area (Å²) in [6.07, 6.45) is 7.84. The molecule has 0 radical (unpaired) electrons. The molecule has 2 aromatic rings. The Bertz CT molecular complexity index is 602. The van der Waals surface area contributed by atoms with Gasteiger partial charge in [0.1, 0.15) is 11.5 Å². The van der Waals surface area contributed by atoms with Crippen LogP contribution in [0, 0.1) is 0 Å². The quantitative estimate of drug-likeness (QED) is 0.943. The Morgan fingerprint density at radius 2 is 2.10 bits per heavy atom. The normalized spacial score (nSPS) is 15.4. The van der Waals surface area contributed by atoms with Crippen molar-refractivity contribution < 1.29 is 4.79 Å². The second-order valence-corrected chi connectivity index (χ2v) is 5.35. The van der Waals surface area contributed by atoms with Crippen molar-refractivity contribution in [1.82, 2.24) is 14.8 Å². The summed E-state index contributed by atoms with van der Waals surface area (Å²) in [5.41, 5.74) is 0.341. The molecule has 0 aliphatic heterocycles. The lowest BCUT2D eigenvalue weighted by atomic mass is 10.2. The van der Waals surface area contributed by atoms with Gasteiger partial charge < -0.3 is 5.32 Å². The summed E-state index contributed by atoms with van der Waals surface area (Å²) >= 11 is 5.76. The number of carbonyl (C=O) groups excluding carboxylic acids is 1. The standard InChI is InChI=1S/C14H15ClN4O/c15-10-5-6-12(16-9-10)14(20)18-13-7-8-17-19(13)11-3-1-2-4-11/h5-9,11H,1-4H2,(H,18,20). The van der Waals surface area contributed by atoms with Crippen LogP contribution in [0.2, 0.25) is 5.02 Å². The highest BCUT2D eigenvalue weighted by Gasteiger charge is 2.20. The molecule has 2 aromatic heterocycles. The first-order valence-corrected chi connectivity index (χ1v) is 7.08. The third-order valence-electron chi connectivity index (χ3n) is 3.54. The number of anilines is 1. The molecule has 5 nitrogen and oxygen atoms in total. The topological polar surface area (TPSA) is 59.8 Å². The van der Waals surface area contributed by atoms with Gasteiger partial charge in [-0.1, -0.05) is 24.4 Å². The summed E-state index contributed by atoms with van der Waals surface area (Å²) in [4.78, 5) is 16.1. The summed E-state index contributed by atoms with van der Waals surface area (Å²) in [7, 11) is 0. The van der Waals surface area contributed by atoms with Crippen LogP contribution in [-0.4, -0.2) is 20.7 Å². The minimum absolute atomic E-state index is 0.249. The van der Waals surface area contributed by atoms with Crippen molar-refractivity contribution in [3.8, 4) is 0 Å². The summed E-state index contributed by atoms with van der Waals surface area (Å²) in [6.45, 7) is 0. The number of halogens is 1. The fourth-order valence-electron chi connectivity index (χ4n) is 2.54. The largest absolute Gasteiger partial charge is 0.305 e. The highest BCUT2D eigenvalue weighted by molar-refractivity contribution is 6.30. The Morgan fingerprint density at radius 3 is 2.80 bits per heavy atom. The SMILES string of the molecule is O=C(Nc1ccnn1C1CCCC1)c1ccc(Cl)cn1. The molecule has 20 heavy (non-hydrogen) atoms. The predicted molar refractivity (Wildman–Crippen MR) is 76.9 cm³/mol. The molecule has 1 fully saturated rings. The number of hydrogen-bond donors (Lipinski definition) is 1. The van der Waals surface area contributed by atoms with E-state index in [0.29, 0.717) is 16.8 Å². The van der Waals surface area contributed by atoms with E-state index in [2.05, 4.69) is 15.4 Å². The lowest BCUT2D eigenvalue weighted by Crippen LogP contribution is -2.18. The lowest BCUT2D eigenvalue weighted by Gasteiger charge is -2.14. The smallest absolute Gasteiger partial charge is 0.275 e. The second-order valence-electron chi connectivity index (χ2n) is 4.92. The van der Waals surface area contributed by atoms with E-state index in [9.17, 15) is 4.79 Å². The van der Waals surface area contributed by atoms with Crippen LogP contribution < -0.4 is 5.32 Å². The molecule has 0 saturated heterocycles. The first kappa shape index (κ1) is 13.1. The van der Waals surface area contributed by atoms with Crippen molar-refractivity contribution in [2.75, 3.05) is 5.32 Å². The van der Waals surface area contributed by atoms with Gasteiger partial charge in [-0.3, -0.25) is 4.79 Å². The molecule has 0 aromatic carbocycles. The second kappa shape index (κ2) is 5.63. The summed E-state index contributed by atoms with van der Waals surface area (Å²) < 4.78 is 1.90. The Kier molecular flexibility index (Phi) is 3.69. The number of hydrogen-bond acceptors (Lipinski definition) is 3. The average Bonchev–Trinajstić information content (AvgIpc) is 3.09. The first-order chi connectivity index (χ1) is 9.74. The van der Waals surface area contributed by atoms with E-state index in [1.54, 1.807) is 18.3 Å². The summed E-state index contributed by atoms with van der Waals surface area (Å²) in [5, 5.41) is 7.69. The van der Waals surface area contributed by atoms with Crippen LogP contribution in [0.5, 0.6) is 0 Å². The van der Waals surface area contributed by atoms with Gasteiger partial charge in [0.25, 0.3) is 5.91 Å². The van der Waals surface area contributed by atoms with Gasteiger partial charge in [-0.2, -0.15) is 5.10 Å². The molecular formula is C14H15ClN4O. The predicted octanol–water partition coefficient (Wildman–Crippen LogP) is 3.30. The minimum Gasteiger partial charge on any atom is -0.305 e. The molecule has 1 aliphatic rings. The zero-order valence-electron chi connectivity index (χ0n) is 10.9. The first-order valence-electron chi connectivity index (χ1n) is 6.70. The Balaban J connectivity index is 1.76. The van der Waals surface area contributed by atoms with E-state index >= 15 is 0 Å². The lowest BCUT2D eigenvalue weighted by molar-refractivity contribution is 0.102. The fourth-order valence-corrected chi connectivity index (χ4v) is 2.66. The molecule has 2 heterocycles. The highest BCUT2D eigenvalue weighted by Crippen LogP contribution is 2.31. The highest BCUT2D eigenvalue weighted by atomic mass is 35.5. The maximum Gasteiger partial charge on any atom is 0.275 e. The monoisotopic (exact) mass is 290 g/mol. The van der Waals surface area contributed by atoms with Crippen LogP contribution in [0.1, 0.15) is 42.2 Å². The molecule has 0 spiro atoms. The molecule has 1 N–H and O–H groups in total. The van der Waals surface area contributed by atoms with Gasteiger partial charge in [0.15, 0.2) is 0 Å². The number of rotatable bonds is 3. The molecular weight excluding hydrogens is 276 g/mol. The maximum atomic E-state index is 12.1. The number of carbonyl (C=O) groups is 1. The van der Waals surface area contributed by atoms with Crippen LogP contribution in [-0.2, 0) is 0 Å². The fraction of sp³-hybridized carbons (Fsp3) is 0.357. The van der Waals surface area contributed by atoms with Crippen LogP contribution >= 0.6 is 11.6 Å². The molecule has 1 saturated carbocycles. The van der Waals surface area contributed by atoms with Gasteiger partial charge in [0, 0.05) is 12.3 Å². The molecule has 0 bridgehead atoms. The number of aromatic nitrogens is 3. The van der Waals surface area contributed by atoms with Gasteiger partial charge in [0.2, 0.25) is 0 Å². The van der Waals surface area contributed by atoms with E-state index in [1.165, 1.54) is 19.0 Å². The molecule has 0 unspecified atom stereocenters. The van der Waals surface area contributed by atoms with Gasteiger partial charge >= 0.3 is 0 Å². The summed E-state index contributed by atoms with van der Waals surface area (Å²) in [5.74, 6) is 0.472. The number of amides is 1. The van der Waals surface area contributed by atoms with Crippen molar-refractivity contribution in [3.05, 3.63) is 41.3 Å². The van der Waals surface area contributed by atoms with E-state index in [1.807, 2.05) is 10.7 Å². The maximum absolute atomic E-state index is 12.1. The molecule has 3 rings (SSSR count). The van der Waals surface area contributed by atoms with E-state index in [0.717, 1.165) is 18.7 Å². The van der Waals surface area contributed by atoms with E-state index in [-0.39, 0.29) is 5.91 Å². The van der Waals surface area contributed by atoms with Gasteiger partial charge in [-0.25, -0.2) is 9.67 Å². The molecule has 1 aliphatic carbocycles. The van der Waals surface area contributed by atoms with E-state index < -0.39 is 0 Å². The van der Waals surface area contributed by atoms with Crippen LogP contribution in [0.4, 0.5) is 5.82 Å². The van der Waals surface area contributed by atoms with Crippen molar-refractivity contribution in [1.29, 1.82) is 0 Å². The van der Waals surface area contributed by atoms with Crippen LogP contribution in [0.3, 0.4) is 0 Å². The molecule has 6 heteroatoms. The van der Waals surface area contributed by atoms with Crippen molar-refractivity contribution >= 4 is 23.3 Å². The third kappa shape index (κ3) is 2.67. The Labute approximate surface area is 122 Å².